The van der Waals surface area contributed by atoms with Gasteiger partial charge in [0.15, 0.2) is 0 Å². The van der Waals surface area contributed by atoms with E-state index in [9.17, 15) is 4.79 Å². The van der Waals surface area contributed by atoms with Gasteiger partial charge in [-0.1, -0.05) is 20.8 Å². The van der Waals surface area contributed by atoms with E-state index in [1.807, 2.05) is 0 Å². The molecule has 1 fully saturated rings. The van der Waals surface area contributed by atoms with Crippen molar-refractivity contribution in [1.29, 1.82) is 0 Å². The van der Waals surface area contributed by atoms with Crippen molar-refractivity contribution in [2.45, 2.75) is 39.7 Å². The molecule has 1 N–H and O–H groups in total. The Hall–Kier alpha value is -0.720. The predicted molar refractivity (Wildman–Crippen MR) is 86.5 cm³/mol. The first-order valence-electron chi connectivity index (χ1n) is 7.63. The molecule has 0 aromatic carbocycles. The van der Waals surface area contributed by atoms with E-state index in [0.29, 0.717) is 22.8 Å². The number of aromatic amines is 1. The van der Waals surface area contributed by atoms with Crippen molar-refractivity contribution in [3.05, 3.63) is 26.3 Å². The summed E-state index contributed by atoms with van der Waals surface area (Å²) in [5, 5.41) is 0. The summed E-state index contributed by atoms with van der Waals surface area (Å²) in [6, 6.07) is 0. The van der Waals surface area contributed by atoms with E-state index < -0.39 is 0 Å². The third-order valence-electron chi connectivity index (χ3n) is 3.55. The van der Waals surface area contributed by atoms with Gasteiger partial charge in [0.2, 0.25) is 0 Å². The van der Waals surface area contributed by atoms with E-state index in [1.54, 1.807) is 0 Å². The van der Waals surface area contributed by atoms with Gasteiger partial charge >= 0.3 is 0 Å². The standard InChI is InChI=1S/C15H24BrN3O2/c1-4-5-19-6-7-21-12(9-19)14-17-11(8-10(2)3)13(16)15(20)18-14/h10,12H,4-9H2,1-3H3,(H,17,18,20). The number of hydrogen-bond acceptors (Lipinski definition) is 4. The van der Waals surface area contributed by atoms with Gasteiger partial charge in [0.05, 0.1) is 12.3 Å². The summed E-state index contributed by atoms with van der Waals surface area (Å²) < 4.78 is 6.35. The number of hydrogen-bond donors (Lipinski definition) is 1. The van der Waals surface area contributed by atoms with Gasteiger partial charge < -0.3 is 9.72 Å². The summed E-state index contributed by atoms with van der Waals surface area (Å²) in [5.74, 6) is 1.10. The van der Waals surface area contributed by atoms with Crippen LogP contribution in [0.15, 0.2) is 9.27 Å². The Morgan fingerprint density at radius 2 is 2.29 bits per heavy atom. The van der Waals surface area contributed by atoms with Gasteiger partial charge in [0.25, 0.3) is 5.56 Å². The van der Waals surface area contributed by atoms with E-state index in [2.05, 4.69) is 51.6 Å². The first-order chi connectivity index (χ1) is 10.0. The first kappa shape index (κ1) is 16.6. The van der Waals surface area contributed by atoms with Crippen LogP contribution in [0.25, 0.3) is 0 Å². The molecule has 0 saturated carbocycles. The summed E-state index contributed by atoms with van der Waals surface area (Å²) in [6.45, 7) is 9.89. The highest BCUT2D eigenvalue weighted by molar-refractivity contribution is 9.10. The minimum atomic E-state index is -0.142. The van der Waals surface area contributed by atoms with Crippen molar-refractivity contribution < 1.29 is 4.74 Å². The Labute approximate surface area is 134 Å². The van der Waals surface area contributed by atoms with Gasteiger partial charge in [-0.2, -0.15) is 0 Å². The molecule has 118 valence electrons. The van der Waals surface area contributed by atoms with Crippen LogP contribution < -0.4 is 5.56 Å². The maximum absolute atomic E-state index is 12.1. The Balaban J connectivity index is 2.22. The molecule has 0 bridgehead atoms. The Morgan fingerprint density at radius 3 is 2.95 bits per heavy atom. The predicted octanol–water partition coefficient (Wildman–Crippen LogP) is 2.51. The molecule has 0 radical (unpaired) electrons. The van der Waals surface area contributed by atoms with Crippen LogP contribution in [0.3, 0.4) is 0 Å². The minimum Gasteiger partial charge on any atom is -0.368 e. The molecule has 0 spiro atoms. The molecule has 1 aliphatic heterocycles. The van der Waals surface area contributed by atoms with Crippen LogP contribution in [-0.2, 0) is 11.2 Å². The molecule has 1 aliphatic rings. The summed E-state index contributed by atoms with van der Waals surface area (Å²) in [5.41, 5.74) is 0.701. The number of nitrogens with zero attached hydrogens (tertiary/aromatic N) is 2. The SMILES string of the molecule is CCCN1CCOC(c2nc(CC(C)C)c(Br)c(=O)[nH]2)C1. The average molecular weight is 358 g/mol. The molecule has 21 heavy (non-hydrogen) atoms. The second-order valence-electron chi connectivity index (χ2n) is 5.97. The molecular weight excluding hydrogens is 334 g/mol. The summed E-state index contributed by atoms with van der Waals surface area (Å²) in [4.78, 5) is 21.9. The van der Waals surface area contributed by atoms with Crippen LogP contribution in [0.4, 0.5) is 0 Å². The van der Waals surface area contributed by atoms with Gasteiger partial charge in [-0.05, 0) is 41.2 Å². The molecule has 2 heterocycles. The van der Waals surface area contributed by atoms with Crippen LogP contribution in [0.5, 0.6) is 0 Å². The summed E-state index contributed by atoms with van der Waals surface area (Å²) in [6.07, 6.45) is 1.76. The molecule has 1 unspecified atom stereocenters. The second kappa shape index (κ2) is 7.51. The number of morpholine rings is 1. The van der Waals surface area contributed by atoms with E-state index in [1.165, 1.54) is 0 Å². The lowest BCUT2D eigenvalue weighted by Gasteiger charge is -2.32. The largest absolute Gasteiger partial charge is 0.368 e. The normalized spacial score (nSPS) is 20.1. The lowest BCUT2D eigenvalue weighted by molar-refractivity contribution is -0.0344. The average Bonchev–Trinajstić information content (AvgIpc) is 2.44. The Kier molecular flexibility index (Phi) is 5.96. The van der Waals surface area contributed by atoms with Crippen molar-refractivity contribution in [2.75, 3.05) is 26.2 Å². The van der Waals surface area contributed by atoms with E-state index in [-0.39, 0.29) is 11.7 Å². The lowest BCUT2D eigenvalue weighted by Crippen LogP contribution is -2.39. The smallest absolute Gasteiger partial charge is 0.265 e. The van der Waals surface area contributed by atoms with Crippen molar-refractivity contribution >= 4 is 15.9 Å². The Morgan fingerprint density at radius 1 is 1.52 bits per heavy atom. The second-order valence-corrected chi connectivity index (χ2v) is 6.76. The highest BCUT2D eigenvalue weighted by Crippen LogP contribution is 2.21. The molecule has 1 aromatic heterocycles. The number of aromatic nitrogens is 2. The molecule has 5 nitrogen and oxygen atoms in total. The Bertz CT molecular complexity index is 528. The fraction of sp³-hybridized carbons (Fsp3) is 0.733. The van der Waals surface area contributed by atoms with Gasteiger partial charge in [-0.3, -0.25) is 9.69 Å². The minimum absolute atomic E-state index is 0.119. The van der Waals surface area contributed by atoms with Crippen molar-refractivity contribution in [3.63, 3.8) is 0 Å². The molecule has 0 amide bonds. The zero-order chi connectivity index (χ0) is 15.4. The van der Waals surface area contributed by atoms with Crippen molar-refractivity contribution in [3.8, 4) is 0 Å². The molecule has 1 saturated heterocycles. The zero-order valence-corrected chi connectivity index (χ0v) is 14.6. The van der Waals surface area contributed by atoms with E-state index >= 15 is 0 Å². The molecule has 1 atom stereocenters. The topological polar surface area (TPSA) is 58.2 Å². The van der Waals surface area contributed by atoms with Crippen LogP contribution in [0, 0.1) is 5.92 Å². The quantitative estimate of drug-likeness (QED) is 0.879. The number of rotatable bonds is 5. The maximum atomic E-state index is 12.1. The summed E-state index contributed by atoms with van der Waals surface area (Å²) in [7, 11) is 0. The monoisotopic (exact) mass is 357 g/mol. The van der Waals surface area contributed by atoms with Crippen molar-refractivity contribution in [2.24, 2.45) is 5.92 Å². The number of ether oxygens (including phenoxy) is 1. The van der Waals surface area contributed by atoms with Gasteiger partial charge in [-0.25, -0.2) is 4.98 Å². The zero-order valence-electron chi connectivity index (χ0n) is 13.0. The van der Waals surface area contributed by atoms with Crippen LogP contribution in [0.2, 0.25) is 0 Å². The highest BCUT2D eigenvalue weighted by Gasteiger charge is 2.24. The van der Waals surface area contributed by atoms with Gasteiger partial charge in [-0.15, -0.1) is 0 Å². The molecule has 1 aromatic rings. The summed E-state index contributed by atoms with van der Waals surface area (Å²) >= 11 is 3.35. The highest BCUT2D eigenvalue weighted by atomic mass is 79.9. The fourth-order valence-electron chi connectivity index (χ4n) is 2.59. The van der Waals surface area contributed by atoms with Crippen molar-refractivity contribution in [1.82, 2.24) is 14.9 Å². The van der Waals surface area contributed by atoms with Crippen LogP contribution >= 0.6 is 15.9 Å². The molecule has 0 aliphatic carbocycles. The van der Waals surface area contributed by atoms with E-state index in [0.717, 1.165) is 38.2 Å². The molecule has 6 heteroatoms. The lowest BCUT2D eigenvalue weighted by atomic mass is 10.1. The third-order valence-corrected chi connectivity index (χ3v) is 4.36. The van der Waals surface area contributed by atoms with Crippen LogP contribution in [-0.4, -0.2) is 41.1 Å². The van der Waals surface area contributed by atoms with Gasteiger partial charge in [0.1, 0.15) is 16.4 Å². The molecule has 2 rings (SSSR count). The number of H-pyrrole nitrogens is 1. The number of nitrogens with one attached hydrogen (secondary N) is 1. The number of halogens is 1. The fourth-order valence-corrected chi connectivity index (χ4v) is 2.94. The van der Waals surface area contributed by atoms with E-state index in [4.69, 9.17) is 4.74 Å². The maximum Gasteiger partial charge on any atom is 0.265 e. The first-order valence-corrected chi connectivity index (χ1v) is 8.43. The van der Waals surface area contributed by atoms with Crippen LogP contribution in [0.1, 0.15) is 44.8 Å². The van der Waals surface area contributed by atoms with Gasteiger partial charge in [0, 0.05) is 13.1 Å². The third kappa shape index (κ3) is 4.37. The molecular formula is C15H24BrN3O2.